The third kappa shape index (κ3) is 3.24. The molecule has 0 bridgehead atoms. The Hall–Kier alpha value is -2.14. The van der Waals surface area contributed by atoms with Crippen molar-refractivity contribution in [1.29, 1.82) is 0 Å². The Morgan fingerprint density at radius 1 is 1.30 bits per heavy atom. The van der Waals surface area contributed by atoms with Gasteiger partial charge in [-0.1, -0.05) is 11.6 Å². The van der Waals surface area contributed by atoms with Gasteiger partial charge in [0, 0.05) is 11.8 Å². The van der Waals surface area contributed by atoms with Crippen molar-refractivity contribution in [3.8, 4) is 5.75 Å². The lowest BCUT2D eigenvalue weighted by Crippen LogP contribution is -2.00. The van der Waals surface area contributed by atoms with E-state index in [-0.39, 0.29) is 5.76 Å². The van der Waals surface area contributed by atoms with Gasteiger partial charge in [-0.3, -0.25) is 0 Å². The predicted octanol–water partition coefficient (Wildman–Crippen LogP) is 3.34. The van der Waals surface area contributed by atoms with Crippen molar-refractivity contribution >= 4 is 23.3 Å². The minimum Gasteiger partial charge on any atom is -0.495 e. The lowest BCUT2D eigenvalue weighted by Gasteiger charge is -2.08. The van der Waals surface area contributed by atoms with Crippen molar-refractivity contribution in [2.45, 2.75) is 6.54 Å². The zero-order valence-electron chi connectivity index (χ0n) is 11.1. The molecular formula is C14H14ClNO4. The molecule has 0 aliphatic rings. The smallest absolute Gasteiger partial charge is 0.373 e. The number of nitrogens with one attached hydrogen (secondary N) is 1. The highest BCUT2D eigenvalue weighted by Gasteiger charge is 2.11. The molecule has 5 nitrogen and oxygen atoms in total. The van der Waals surface area contributed by atoms with E-state index < -0.39 is 5.97 Å². The summed E-state index contributed by atoms with van der Waals surface area (Å²) in [5.74, 6) is 0.896. The van der Waals surface area contributed by atoms with Crippen LogP contribution in [0.1, 0.15) is 16.3 Å². The molecular weight excluding hydrogens is 282 g/mol. The van der Waals surface area contributed by atoms with E-state index in [0.29, 0.717) is 23.1 Å². The molecule has 1 N–H and O–H groups in total. The molecule has 0 radical (unpaired) electrons. The van der Waals surface area contributed by atoms with Gasteiger partial charge in [0.25, 0.3) is 0 Å². The predicted molar refractivity (Wildman–Crippen MR) is 75.4 cm³/mol. The number of rotatable bonds is 5. The molecule has 0 saturated heterocycles. The molecule has 0 atom stereocenters. The number of carbonyl (C=O) groups excluding carboxylic acids is 1. The Bertz CT molecular complexity index is 609. The Morgan fingerprint density at radius 2 is 2.10 bits per heavy atom. The van der Waals surface area contributed by atoms with Crippen LogP contribution in [-0.2, 0) is 11.3 Å². The minimum atomic E-state index is -0.496. The van der Waals surface area contributed by atoms with Crippen LogP contribution in [0, 0.1) is 0 Å². The van der Waals surface area contributed by atoms with Crippen molar-refractivity contribution < 1.29 is 18.7 Å². The highest BCUT2D eigenvalue weighted by atomic mass is 35.5. The fourth-order valence-electron chi connectivity index (χ4n) is 1.64. The fourth-order valence-corrected chi connectivity index (χ4v) is 1.84. The molecule has 0 aliphatic carbocycles. The van der Waals surface area contributed by atoms with Crippen molar-refractivity contribution in [3.05, 3.63) is 46.9 Å². The highest BCUT2D eigenvalue weighted by molar-refractivity contribution is 6.32. The summed E-state index contributed by atoms with van der Waals surface area (Å²) in [6.45, 7) is 0.432. The van der Waals surface area contributed by atoms with Gasteiger partial charge in [-0.15, -0.1) is 0 Å². The average molecular weight is 296 g/mol. The summed E-state index contributed by atoms with van der Waals surface area (Å²) in [6.07, 6.45) is 0. The lowest BCUT2D eigenvalue weighted by atomic mass is 10.3. The number of benzene rings is 1. The number of furan rings is 1. The first-order valence-corrected chi connectivity index (χ1v) is 6.26. The molecule has 0 fully saturated rings. The number of ether oxygens (including phenoxy) is 2. The van der Waals surface area contributed by atoms with Gasteiger partial charge in [0.1, 0.15) is 11.5 Å². The third-order valence-corrected chi connectivity index (χ3v) is 2.98. The van der Waals surface area contributed by atoms with Crippen LogP contribution in [0.5, 0.6) is 5.75 Å². The zero-order chi connectivity index (χ0) is 14.5. The molecule has 1 aromatic carbocycles. The van der Waals surface area contributed by atoms with Gasteiger partial charge in [-0.25, -0.2) is 4.79 Å². The van der Waals surface area contributed by atoms with E-state index in [4.69, 9.17) is 20.8 Å². The summed E-state index contributed by atoms with van der Waals surface area (Å²) >= 11 is 5.94. The van der Waals surface area contributed by atoms with Crippen LogP contribution in [0.3, 0.4) is 0 Å². The van der Waals surface area contributed by atoms with Crippen LogP contribution < -0.4 is 10.1 Å². The molecule has 106 valence electrons. The van der Waals surface area contributed by atoms with E-state index >= 15 is 0 Å². The maximum absolute atomic E-state index is 11.3. The van der Waals surface area contributed by atoms with Gasteiger partial charge in [0.2, 0.25) is 5.76 Å². The lowest BCUT2D eigenvalue weighted by molar-refractivity contribution is 0.0563. The van der Waals surface area contributed by atoms with E-state index in [1.165, 1.54) is 7.11 Å². The highest BCUT2D eigenvalue weighted by Crippen LogP contribution is 2.27. The normalized spacial score (nSPS) is 10.2. The minimum absolute atomic E-state index is 0.179. The molecule has 1 aromatic heterocycles. The van der Waals surface area contributed by atoms with Crippen LogP contribution in [-0.4, -0.2) is 20.2 Å². The summed E-state index contributed by atoms with van der Waals surface area (Å²) in [6, 6.07) is 8.64. The van der Waals surface area contributed by atoms with Crippen LogP contribution in [0.25, 0.3) is 0 Å². The Kier molecular flexibility index (Phi) is 4.53. The number of hydrogen-bond acceptors (Lipinski definition) is 5. The first-order chi connectivity index (χ1) is 9.63. The molecule has 0 unspecified atom stereocenters. The molecule has 1 heterocycles. The Labute approximate surface area is 121 Å². The number of hydrogen-bond donors (Lipinski definition) is 1. The summed E-state index contributed by atoms with van der Waals surface area (Å²) in [5, 5.41) is 3.69. The topological polar surface area (TPSA) is 60.7 Å². The van der Waals surface area contributed by atoms with E-state index in [1.807, 2.05) is 6.07 Å². The average Bonchev–Trinajstić information content (AvgIpc) is 2.94. The summed E-state index contributed by atoms with van der Waals surface area (Å²) < 4.78 is 15.0. The monoisotopic (exact) mass is 295 g/mol. The standard InChI is InChI=1S/C14H14ClNO4/c1-18-13-7-9(3-5-11(13)15)16-8-10-4-6-12(20-10)14(17)19-2/h3-7,16H,8H2,1-2H3. The summed E-state index contributed by atoms with van der Waals surface area (Å²) in [7, 11) is 2.86. The van der Waals surface area contributed by atoms with E-state index in [2.05, 4.69) is 10.1 Å². The molecule has 0 aliphatic heterocycles. The molecule has 2 rings (SSSR count). The second-order valence-corrected chi connectivity index (χ2v) is 4.37. The van der Waals surface area contributed by atoms with Crippen molar-refractivity contribution in [2.24, 2.45) is 0 Å². The Morgan fingerprint density at radius 3 is 2.80 bits per heavy atom. The van der Waals surface area contributed by atoms with Crippen molar-refractivity contribution in [2.75, 3.05) is 19.5 Å². The Balaban J connectivity index is 2.01. The quantitative estimate of drug-likeness (QED) is 0.857. The van der Waals surface area contributed by atoms with E-state index in [1.54, 1.807) is 31.4 Å². The van der Waals surface area contributed by atoms with Crippen LogP contribution in [0.2, 0.25) is 5.02 Å². The van der Waals surface area contributed by atoms with Gasteiger partial charge < -0.3 is 19.2 Å². The van der Waals surface area contributed by atoms with Gasteiger partial charge in [0.05, 0.1) is 25.8 Å². The first kappa shape index (κ1) is 14.3. The zero-order valence-corrected chi connectivity index (χ0v) is 11.9. The number of methoxy groups -OCH3 is 2. The molecule has 6 heteroatoms. The number of carbonyl (C=O) groups is 1. The van der Waals surface area contributed by atoms with E-state index in [0.717, 1.165) is 5.69 Å². The summed E-state index contributed by atoms with van der Waals surface area (Å²) in [4.78, 5) is 11.3. The van der Waals surface area contributed by atoms with Crippen molar-refractivity contribution in [1.82, 2.24) is 0 Å². The van der Waals surface area contributed by atoms with Gasteiger partial charge in [-0.05, 0) is 24.3 Å². The molecule has 0 spiro atoms. The van der Waals surface area contributed by atoms with Gasteiger partial charge in [-0.2, -0.15) is 0 Å². The fraction of sp³-hybridized carbons (Fsp3) is 0.214. The molecule has 2 aromatic rings. The maximum Gasteiger partial charge on any atom is 0.373 e. The number of halogens is 1. The molecule has 0 amide bonds. The van der Waals surface area contributed by atoms with E-state index in [9.17, 15) is 4.79 Å². The van der Waals surface area contributed by atoms with Crippen molar-refractivity contribution in [3.63, 3.8) is 0 Å². The number of anilines is 1. The largest absolute Gasteiger partial charge is 0.495 e. The SMILES string of the molecule is COC(=O)c1ccc(CNc2ccc(Cl)c(OC)c2)o1. The number of esters is 1. The molecule has 0 saturated carbocycles. The van der Waals surface area contributed by atoms with Gasteiger partial charge >= 0.3 is 5.97 Å². The second-order valence-electron chi connectivity index (χ2n) is 3.96. The van der Waals surface area contributed by atoms with Gasteiger partial charge in [0.15, 0.2) is 0 Å². The van der Waals surface area contributed by atoms with Crippen LogP contribution in [0.15, 0.2) is 34.7 Å². The molecule has 20 heavy (non-hydrogen) atoms. The first-order valence-electron chi connectivity index (χ1n) is 5.88. The third-order valence-electron chi connectivity index (χ3n) is 2.67. The maximum atomic E-state index is 11.3. The van der Waals surface area contributed by atoms with Crippen LogP contribution in [0.4, 0.5) is 5.69 Å². The van der Waals surface area contributed by atoms with Crippen LogP contribution >= 0.6 is 11.6 Å². The summed E-state index contributed by atoms with van der Waals surface area (Å²) in [5.41, 5.74) is 0.835. The second kappa shape index (κ2) is 6.34.